The van der Waals surface area contributed by atoms with Gasteiger partial charge in [0.2, 0.25) is 11.9 Å². The number of aliphatic imine (C=N–C) groups is 2. The third-order valence-electron chi connectivity index (χ3n) is 5.47. The number of benzene rings is 2. The summed E-state index contributed by atoms with van der Waals surface area (Å²) in [7, 11) is 5.90. The van der Waals surface area contributed by atoms with Crippen LogP contribution in [0.1, 0.15) is 17.2 Å². The fourth-order valence-electron chi connectivity index (χ4n) is 3.67. The average molecular weight is 449 g/mol. The summed E-state index contributed by atoms with van der Waals surface area (Å²) in [5.74, 6) is 3.51. The Morgan fingerprint density at radius 1 is 1.41 bits per heavy atom. The van der Waals surface area contributed by atoms with Crippen molar-refractivity contribution in [3.8, 4) is 18.1 Å². The zero-order valence-electron chi connectivity index (χ0n) is 18.0. The number of terminal acetylenes is 1. The van der Waals surface area contributed by atoms with Gasteiger partial charge in [0.15, 0.2) is 0 Å². The number of amides is 2. The second kappa shape index (κ2) is 8.64. The molecule has 2 aromatic rings. The normalized spacial score (nSPS) is 17.5. The molecule has 4 rings (SSSR count). The molecule has 0 aliphatic carbocycles. The molecule has 10 heteroatoms. The van der Waals surface area contributed by atoms with E-state index >= 15 is 0 Å². The van der Waals surface area contributed by atoms with E-state index in [2.05, 4.69) is 30.5 Å². The molecule has 0 bridgehead atoms. The van der Waals surface area contributed by atoms with E-state index in [4.69, 9.17) is 11.2 Å². The molecule has 2 amide bonds. The van der Waals surface area contributed by atoms with Crippen LogP contribution in [0.5, 0.6) is 5.75 Å². The lowest BCUT2D eigenvalue weighted by Gasteiger charge is -2.35. The molecule has 0 fully saturated rings. The number of anilines is 1. The minimum atomic E-state index is -0.441. The largest absolute Gasteiger partial charge is 0.481 e. The number of aryl methyl sites for hydroxylation is 1. The number of carbonyl (C=O) groups is 1. The summed E-state index contributed by atoms with van der Waals surface area (Å²) in [4.78, 5) is 24.5. The van der Waals surface area contributed by atoms with Crippen molar-refractivity contribution in [1.82, 2.24) is 9.80 Å². The van der Waals surface area contributed by atoms with Gasteiger partial charge in [0.1, 0.15) is 26.0 Å². The lowest BCUT2D eigenvalue weighted by molar-refractivity contribution is 0.230. The van der Waals surface area contributed by atoms with E-state index < -0.39 is 6.03 Å². The summed E-state index contributed by atoms with van der Waals surface area (Å²) in [5, 5.41) is 3.78. The predicted molar refractivity (Wildman–Crippen MR) is 131 cm³/mol. The van der Waals surface area contributed by atoms with Gasteiger partial charge < -0.3 is 10.1 Å². The molecule has 0 radical (unpaired) electrons. The maximum Gasteiger partial charge on any atom is 0.353 e. The lowest BCUT2D eigenvalue weighted by Crippen LogP contribution is -2.53. The number of guanidine groups is 2. The second-order valence-corrected chi connectivity index (χ2v) is 8.21. The molecule has 2 aliphatic heterocycles. The highest BCUT2D eigenvalue weighted by molar-refractivity contribution is 7.28. The summed E-state index contributed by atoms with van der Waals surface area (Å²) in [5.41, 5.74) is 3.21. The van der Waals surface area contributed by atoms with Crippen molar-refractivity contribution >= 4 is 51.5 Å². The number of hydrogen-bond acceptors (Lipinski definition) is 5. The first kappa shape index (κ1) is 21.9. The Kier molecular flexibility index (Phi) is 5.90. The zero-order valence-corrected chi connectivity index (χ0v) is 19.2. The van der Waals surface area contributed by atoms with E-state index in [-0.39, 0.29) is 18.5 Å². The molecule has 2 aromatic carbocycles. The van der Waals surface area contributed by atoms with Gasteiger partial charge >= 0.3 is 6.03 Å². The molecule has 0 spiro atoms. The van der Waals surface area contributed by atoms with Crippen LogP contribution in [0.15, 0.2) is 40.3 Å². The Bertz CT molecular complexity index is 1190. The molecule has 2 atom stereocenters. The van der Waals surface area contributed by atoms with E-state index in [9.17, 15) is 9.18 Å². The Balaban J connectivity index is 1.72. The highest BCUT2D eigenvalue weighted by Gasteiger charge is 2.40. The third-order valence-corrected chi connectivity index (χ3v) is 6.20. The van der Waals surface area contributed by atoms with E-state index in [1.54, 1.807) is 13.1 Å². The van der Waals surface area contributed by atoms with Crippen molar-refractivity contribution in [2.75, 3.05) is 25.5 Å². The Labute approximate surface area is 189 Å². The van der Waals surface area contributed by atoms with E-state index in [0.717, 1.165) is 16.6 Å². The van der Waals surface area contributed by atoms with Crippen LogP contribution in [0.3, 0.4) is 0 Å². The zero-order chi connectivity index (χ0) is 23.0. The first-order valence-corrected chi connectivity index (χ1v) is 10.6. The number of ether oxygens (including phenoxy) is 1. The Morgan fingerprint density at radius 2 is 2.19 bits per heavy atom. The minimum absolute atomic E-state index is 0.147. The number of fused-ring (bicyclic) bond motifs is 1. The third kappa shape index (κ3) is 3.94. The molecule has 32 heavy (non-hydrogen) atoms. The van der Waals surface area contributed by atoms with Crippen LogP contribution in [-0.2, 0) is 0 Å². The van der Waals surface area contributed by atoms with E-state index in [0.29, 0.717) is 35.2 Å². The quantitative estimate of drug-likeness (QED) is 0.432. The van der Waals surface area contributed by atoms with Crippen LogP contribution in [0, 0.1) is 25.1 Å². The topological polar surface area (TPSA) is 69.5 Å². The van der Waals surface area contributed by atoms with Gasteiger partial charge in [-0.05, 0) is 35.5 Å². The van der Waals surface area contributed by atoms with E-state index in [1.165, 1.54) is 11.0 Å². The van der Waals surface area contributed by atoms with Gasteiger partial charge in [-0.25, -0.2) is 14.2 Å². The summed E-state index contributed by atoms with van der Waals surface area (Å²) < 4.78 is 20.0. The summed E-state index contributed by atoms with van der Waals surface area (Å²) in [6.45, 7) is 2.44. The molecule has 162 valence electrons. The monoisotopic (exact) mass is 449 g/mol. The molecule has 0 saturated carbocycles. The van der Waals surface area contributed by atoms with Crippen molar-refractivity contribution < 1.29 is 13.9 Å². The van der Waals surface area contributed by atoms with Crippen LogP contribution < -0.4 is 20.8 Å². The van der Waals surface area contributed by atoms with Crippen molar-refractivity contribution in [2.45, 2.75) is 13.0 Å². The van der Waals surface area contributed by atoms with Crippen molar-refractivity contribution in [1.29, 1.82) is 0 Å². The molecule has 2 heterocycles. The molecule has 2 unspecified atom stereocenters. The molecule has 7 nitrogen and oxygen atoms in total. The van der Waals surface area contributed by atoms with Gasteiger partial charge in [0, 0.05) is 18.8 Å². The molecule has 2 aliphatic rings. The first-order chi connectivity index (χ1) is 15.3. The number of nitrogens with zero attached hydrogens (tertiary/aromatic N) is 4. The van der Waals surface area contributed by atoms with Gasteiger partial charge in [0.05, 0.1) is 12.6 Å². The molecule has 1 N–H and O–H groups in total. The fraction of sp³-hybridized carbons (Fsp3) is 0.227. The maximum atomic E-state index is 14.5. The smallest absolute Gasteiger partial charge is 0.353 e. The highest BCUT2D eigenvalue weighted by atomic mass is 31.0. The molecule has 0 saturated heterocycles. The van der Waals surface area contributed by atoms with Gasteiger partial charge in [-0.3, -0.25) is 9.80 Å². The molecule has 0 aromatic heterocycles. The van der Waals surface area contributed by atoms with Gasteiger partial charge in [-0.1, -0.05) is 23.5 Å². The SMILES string of the molecule is Bc1cc(C2CN=C3N(C)C(=O)N=C(Nc4cc(OCC#C)ccc4C)N32)cc(F)c1P. The fourth-order valence-corrected chi connectivity index (χ4v) is 3.83. The summed E-state index contributed by atoms with van der Waals surface area (Å²) in [6, 6.07) is 8.19. The maximum absolute atomic E-state index is 14.5. The van der Waals surface area contributed by atoms with Gasteiger partial charge in [-0.15, -0.1) is 15.7 Å². The van der Waals surface area contributed by atoms with Crippen LogP contribution in [0.2, 0.25) is 0 Å². The number of urea groups is 1. The van der Waals surface area contributed by atoms with Crippen molar-refractivity contribution in [2.24, 2.45) is 9.98 Å². The number of rotatable bonds is 4. The highest BCUT2D eigenvalue weighted by Crippen LogP contribution is 2.31. The first-order valence-electron chi connectivity index (χ1n) is 9.99. The number of hydrogen-bond donors (Lipinski definition) is 1. The summed E-state index contributed by atoms with van der Waals surface area (Å²) >= 11 is 0. The Morgan fingerprint density at radius 3 is 2.91 bits per heavy atom. The average Bonchev–Trinajstić information content (AvgIpc) is 3.21. The van der Waals surface area contributed by atoms with Gasteiger partial charge in [0.25, 0.3) is 0 Å². The van der Waals surface area contributed by atoms with Crippen LogP contribution >= 0.6 is 9.24 Å². The van der Waals surface area contributed by atoms with Gasteiger partial charge in [-0.2, -0.15) is 4.99 Å². The summed E-state index contributed by atoms with van der Waals surface area (Å²) in [6.07, 6.45) is 5.28. The second-order valence-electron chi connectivity index (χ2n) is 7.63. The molecular formula is C22H22BFN5O2P. The van der Waals surface area contributed by atoms with E-state index in [1.807, 2.05) is 37.9 Å². The van der Waals surface area contributed by atoms with Crippen molar-refractivity contribution in [3.05, 3.63) is 47.3 Å². The van der Waals surface area contributed by atoms with Crippen molar-refractivity contribution in [3.63, 3.8) is 0 Å². The molecular weight excluding hydrogens is 427 g/mol. The number of halogens is 1. The number of carbonyl (C=O) groups excluding carboxylic acids is 1. The minimum Gasteiger partial charge on any atom is -0.481 e. The van der Waals surface area contributed by atoms with Crippen LogP contribution in [0.4, 0.5) is 14.9 Å². The predicted octanol–water partition coefficient (Wildman–Crippen LogP) is 1.15. The number of nitrogens with one attached hydrogen (secondary N) is 1. The van der Waals surface area contributed by atoms with Crippen LogP contribution in [0.25, 0.3) is 0 Å². The Hall–Kier alpha value is -3.37. The standard InChI is InChI=1S/C22H22BFN5O2P/c1-4-7-31-14-6-5-12(2)17(10-14)26-20-27-22(30)28(3)21-25-11-18(29(20)21)13-8-15(23)19(32)16(24)9-13/h1,5-6,8-10,18H,7,11,23,32H2,2-3H3,(H,26,27,30). The lowest BCUT2D eigenvalue weighted by atomic mass is 9.91. The van der Waals surface area contributed by atoms with Crippen LogP contribution in [-0.4, -0.2) is 55.8 Å².